The van der Waals surface area contributed by atoms with E-state index in [1.807, 2.05) is 13.8 Å². The summed E-state index contributed by atoms with van der Waals surface area (Å²) in [6.45, 7) is 3.86. The Bertz CT molecular complexity index is 409. The maximum atomic E-state index is 11.9. The number of rotatable bonds is 2. The van der Waals surface area contributed by atoms with E-state index in [0.717, 1.165) is 6.42 Å². The lowest BCUT2D eigenvalue weighted by molar-refractivity contribution is -0.136. The molecular weight excluding hydrogens is 216 g/mol. The molecule has 2 aliphatic carbocycles. The maximum Gasteiger partial charge on any atom is 0.196 e. The highest BCUT2D eigenvalue weighted by Crippen LogP contribution is 2.60. The molecule has 1 N–H and O–H groups in total. The molecule has 15 heavy (non-hydrogen) atoms. The van der Waals surface area contributed by atoms with Gasteiger partial charge in [0.15, 0.2) is 21.5 Å². The summed E-state index contributed by atoms with van der Waals surface area (Å²) in [4.78, 5) is 11.9. The van der Waals surface area contributed by atoms with Crippen LogP contribution in [0.3, 0.4) is 0 Å². The maximum absolute atomic E-state index is 11.9. The highest BCUT2D eigenvalue weighted by molar-refractivity contribution is 7.90. The zero-order valence-corrected chi connectivity index (χ0v) is 9.80. The summed E-state index contributed by atoms with van der Waals surface area (Å²) in [5.74, 6) is 3.28. The molecule has 2 aliphatic rings. The molecule has 3 atom stereocenters. The number of ketones is 1. The van der Waals surface area contributed by atoms with Gasteiger partial charge in [0.25, 0.3) is 0 Å². The molecular formula is C10H16O4S. The SMILES string of the molecule is C=S(=O)(O)OC12CCC(CC1=O)C2(C)C. The second-order valence-electron chi connectivity index (χ2n) is 5.08. The Labute approximate surface area is 90.0 Å². The van der Waals surface area contributed by atoms with Crippen LogP contribution in [0.15, 0.2) is 0 Å². The van der Waals surface area contributed by atoms with Gasteiger partial charge in [0.2, 0.25) is 0 Å². The van der Waals surface area contributed by atoms with E-state index in [9.17, 15) is 13.6 Å². The van der Waals surface area contributed by atoms with Gasteiger partial charge in [-0.2, -0.15) is 0 Å². The Morgan fingerprint density at radius 1 is 1.60 bits per heavy atom. The Balaban J connectivity index is 2.45. The van der Waals surface area contributed by atoms with Gasteiger partial charge in [-0.15, -0.1) is 0 Å². The van der Waals surface area contributed by atoms with E-state index in [1.54, 1.807) is 0 Å². The first kappa shape index (κ1) is 11.1. The molecule has 0 saturated heterocycles. The molecule has 2 fully saturated rings. The van der Waals surface area contributed by atoms with Crippen LogP contribution in [-0.2, 0) is 19.1 Å². The van der Waals surface area contributed by atoms with Crippen molar-refractivity contribution >= 4 is 21.7 Å². The molecule has 3 unspecified atom stereocenters. The zero-order valence-electron chi connectivity index (χ0n) is 8.99. The normalized spacial score (nSPS) is 41.8. The van der Waals surface area contributed by atoms with Crippen molar-refractivity contribution in [2.45, 2.75) is 38.7 Å². The second-order valence-corrected chi connectivity index (χ2v) is 6.41. The minimum atomic E-state index is -3.58. The standard InChI is InChI=1S/C10H16O4S/c1-9(2)7-4-5-10(9,8(11)6-7)14-15(3,12)13/h7H,3-6H2,1-2H3,(H,12,13). The lowest BCUT2D eigenvalue weighted by Gasteiger charge is -2.35. The van der Waals surface area contributed by atoms with Gasteiger partial charge in [-0.1, -0.05) is 13.8 Å². The van der Waals surface area contributed by atoms with E-state index in [-0.39, 0.29) is 17.1 Å². The molecule has 4 nitrogen and oxygen atoms in total. The van der Waals surface area contributed by atoms with Crippen molar-refractivity contribution in [1.29, 1.82) is 0 Å². The van der Waals surface area contributed by atoms with Crippen molar-refractivity contribution in [3.8, 4) is 0 Å². The minimum Gasteiger partial charge on any atom is -0.296 e. The van der Waals surface area contributed by atoms with Gasteiger partial charge in [-0.3, -0.25) is 13.5 Å². The van der Waals surface area contributed by atoms with Crippen LogP contribution in [0, 0.1) is 11.3 Å². The Kier molecular flexibility index (Phi) is 2.10. The fraction of sp³-hybridized carbons (Fsp3) is 0.800. The van der Waals surface area contributed by atoms with Crippen molar-refractivity contribution in [2.24, 2.45) is 11.3 Å². The number of Topliss-reactive ketones (excluding diaryl/α,β-unsaturated/α-hetero) is 1. The number of carbonyl (C=O) groups is 1. The first-order valence-corrected chi connectivity index (χ1v) is 6.63. The van der Waals surface area contributed by atoms with Crippen LogP contribution in [0.4, 0.5) is 0 Å². The van der Waals surface area contributed by atoms with E-state index in [1.165, 1.54) is 0 Å². The van der Waals surface area contributed by atoms with E-state index < -0.39 is 15.7 Å². The topological polar surface area (TPSA) is 63.6 Å². The highest BCUT2D eigenvalue weighted by Gasteiger charge is 2.66. The molecule has 2 bridgehead atoms. The first-order valence-electron chi connectivity index (χ1n) is 5.03. The van der Waals surface area contributed by atoms with E-state index >= 15 is 0 Å². The van der Waals surface area contributed by atoms with Crippen LogP contribution in [0.2, 0.25) is 0 Å². The minimum absolute atomic E-state index is 0.0471. The van der Waals surface area contributed by atoms with E-state index in [4.69, 9.17) is 4.18 Å². The van der Waals surface area contributed by atoms with Crippen molar-refractivity contribution in [3.05, 3.63) is 0 Å². The Hall–Kier alpha value is -0.390. The molecule has 5 heteroatoms. The fourth-order valence-electron chi connectivity index (χ4n) is 3.05. The summed E-state index contributed by atoms with van der Waals surface area (Å²) >= 11 is 0. The number of fused-ring (bicyclic) bond motifs is 2. The van der Waals surface area contributed by atoms with Gasteiger partial charge in [0.1, 0.15) is 0 Å². The molecule has 0 aliphatic heterocycles. The van der Waals surface area contributed by atoms with Gasteiger partial charge < -0.3 is 0 Å². The van der Waals surface area contributed by atoms with Crippen molar-refractivity contribution in [2.75, 3.05) is 0 Å². The summed E-state index contributed by atoms with van der Waals surface area (Å²) in [5.41, 5.74) is -1.43. The molecule has 0 aromatic carbocycles. The summed E-state index contributed by atoms with van der Waals surface area (Å²) in [6.07, 6.45) is 1.88. The third-order valence-electron chi connectivity index (χ3n) is 4.06. The van der Waals surface area contributed by atoms with E-state index in [0.29, 0.717) is 12.8 Å². The Morgan fingerprint density at radius 3 is 2.53 bits per heavy atom. The molecule has 0 spiro atoms. The predicted octanol–water partition coefficient (Wildman–Crippen LogP) is 1.26. The average molecular weight is 232 g/mol. The second kappa shape index (κ2) is 2.84. The third kappa shape index (κ3) is 1.37. The van der Waals surface area contributed by atoms with Crippen LogP contribution in [-0.4, -0.2) is 26.0 Å². The predicted molar refractivity (Wildman–Crippen MR) is 57.8 cm³/mol. The fourth-order valence-corrected chi connectivity index (χ4v) is 3.89. The number of carbonyl (C=O) groups excluding carboxylic acids is 1. The molecule has 0 radical (unpaired) electrons. The summed E-state index contributed by atoms with van der Waals surface area (Å²) in [5, 5.41) is 0. The summed E-state index contributed by atoms with van der Waals surface area (Å²) in [7, 11) is -3.58. The number of hydrogen-bond donors (Lipinski definition) is 1. The highest BCUT2D eigenvalue weighted by atomic mass is 32.2. The lowest BCUT2D eigenvalue weighted by Crippen LogP contribution is -2.47. The largest absolute Gasteiger partial charge is 0.296 e. The molecule has 2 saturated carbocycles. The molecule has 2 rings (SSSR count). The van der Waals surface area contributed by atoms with Crippen molar-refractivity contribution < 1.29 is 17.7 Å². The van der Waals surface area contributed by atoms with Crippen molar-refractivity contribution in [1.82, 2.24) is 0 Å². The molecule has 0 amide bonds. The van der Waals surface area contributed by atoms with E-state index in [2.05, 4.69) is 5.87 Å². The Morgan fingerprint density at radius 2 is 2.20 bits per heavy atom. The number of hydrogen-bond acceptors (Lipinski definition) is 3. The molecule has 86 valence electrons. The van der Waals surface area contributed by atoms with Crippen LogP contribution in [0.1, 0.15) is 33.1 Å². The summed E-state index contributed by atoms with van der Waals surface area (Å²) in [6, 6.07) is 0. The van der Waals surface area contributed by atoms with Crippen molar-refractivity contribution in [3.63, 3.8) is 0 Å². The van der Waals surface area contributed by atoms with Crippen LogP contribution in [0.5, 0.6) is 0 Å². The smallest absolute Gasteiger partial charge is 0.196 e. The third-order valence-corrected chi connectivity index (χ3v) is 4.61. The molecule has 0 heterocycles. The lowest BCUT2D eigenvalue weighted by atomic mass is 9.79. The first-order chi connectivity index (χ1) is 6.69. The molecule has 0 aromatic heterocycles. The average Bonchev–Trinajstić information content (AvgIpc) is 2.34. The monoisotopic (exact) mass is 232 g/mol. The van der Waals surface area contributed by atoms with Crippen LogP contribution < -0.4 is 0 Å². The molecule has 0 aromatic rings. The van der Waals surface area contributed by atoms with Gasteiger partial charge in [-0.05, 0) is 18.8 Å². The summed E-state index contributed by atoms with van der Waals surface area (Å²) < 4.78 is 25.5. The van der Waals surface area contributed by atoms with Gasteiger partial charge >= 0.3 is 0 Å². The van der Waals surface area contributed by atoms with Crippen LogP contribution in [0.25, 0.3) is 0 Å². The quantitative estimate of drug-likeness (QED) is 0.728. The van der Waals surface area contributed by atoms with Gasteiger partial charge in [-0.25, -0.2) is 4.21 Å². The van der Waals surface area contributed by atoms with Crippen LogP contribution >= 0.6 is 0 Å². The zero-order chi connectivity index (χ0) is 11.5. The van der Waals surface area contributed by atoms with Gasteiger partial charge in [0, 0.05) is 17.7 Å². The van der Waals surface area contributed by atoms with Gasteiger partial charge in [0.05, 0.1) is 0 Å².